The third kappa shape index (κ3) is 9.83. The van der Waals surface area contributed by atoms with Crippen LogP contribution < -0.4 is 14.4 Å². The molecule has 0 aliphatic carbocycles. The van der Waals surface area contributed by atoms with Crippen molar-refractivity contribution < 1.29 is 22.7 Å². The second kappa shape index (κ2) is 17.0. The predicted octanol–water partition coefficient (Wildman–Crippen LogP) is 6.80. The number of ether oxygens (including phenoxy) is 1. The monoisotopic (exact) mass is 675 g/mol. The van der Waals surface area contributed by atoms with Gasteiger partial charge in [0.1, 0.15) is 18.3 Å². The number of anilines is 1. The Bertz CT molecular complexity index is 1720. The van der Waals surface area contributed by atoms with Gasteiger partial charge in [0, 0.05) is 24.5 Å². The molecule has 0 fully saturated rings. The van der Waals surface area contributed by atoms with Crippen molar-refractivity contribution >= 4 is 39.1 Å². The van der Waals surface area contributed by atoms with Crippen molar-refractivity contribution in [1.82, 2.24) is 10.2 Å². The standard InChI is InChI=1S/C37H42ClN3O5S/c1-4-6-23-39-37(43)35(25-29-11-8-7-9-12-29)40(26-30-13-10-14-31(38)24-30)36(42)27-41(32-17-19-33(20-18-32)46-5-2)47(44,45)34-21-15-28(3)16-22-34/h7-22,24,35H,4-6,23,25-27H2,1-3H3,(H,39,43)/t35-/m1/s1. The van der Waals surface area contributed by atoms with E-state index in [-0.39, 0.29) is 29.5 Å². The third-order valence-electron chi connectivity index (χ3n) is 7.67. The first-order valence-corrected chi connectivity index (χ1v) is 17.6. The molecule has 0 spiro atoms. The van der Waals surface area contributed by atoms with E-state index in [4.69, 9.17) is 16.3 Å². The molecule has 0 saturated carbocycles. The van der Waals surface area contributed by atoms with Crippen molar-refractivity contribution in [2.45, 2.75) is 57.5 Å². The summed E-state index contributed by atoms with van der Waals surface area (Å²) >= 11 is 6.32. The summed E-state index contributed by atoms with van der Waals surface area (Å²) in [6.45, 7) is 6.17. The molecule has 8 nitrogen and oxygen atoms in total. The van der Waals surface area contributed by atoms with Gasteiger partial charge < -0.3 is 15.0 Å². The second-order valence-electron chi connectivity index (χ2n) is 11.3. The summed E-state index contributed by atoms with van der Waals surface area (Å²) in [4.78, 5) is 29.9. The largest absolute Gasteiger partial charge is 0.494 e. The lowest BCUT2D eigenvalue weighted by Gasteiger charge is -2.34. The third-order valence-corrected chi connectivity index (χ3v) is 9.69. The lowest BCUT2D eigenvalue weighted by Crippen LogP contribution is -2.53. The molecule has 4 aromatic carbocycles. The van der Waals surface area contributed by atoms with Crippen LogP contribution in [-0.4, -0.2) is 50.9 Å². The van der Waals surface area contributed by atoms with E-state index in [2.05, 4.69) is 5.32 Å². The summed E-state index contributed by atoms with van der Waals surface area (Å²) in [7, 11) is -4.20. The van der Waals surface area contributed by atoms with Gasteiger partial charge in [-0.3, -0.25) is 13.9 Å². The van der Waals surface area contributed by atoms with Crippen molar-refractivity contribution in [3.63, 3.8) is 0 Å². The summed E-state index contributed by atoms with van der Waals surface area (Å²) in [6.07, 6.45) is 1.91. The van der Waals surface area contributed by atoms with E-state index < -0.39 is 28.5 Å². The van der Waals surface area contributed by atoms with Crippen molar-refractivity contribution in [3.8, 4) is 5.75 Å². The van der Waals surface area contributed by atoms with Crippen LogP contribution in [0, 0.1) is 6.92 Å². The van der Waals surface area contributed by atoms with Crippen LogP contribution in [0.15, 0.2) is 108 Å². The Kier molecular flexibility index (Phi) is 12.8. The SMILES string of the molecule is CCCCNC(=O)[C@@H](Cc1ccccc1)N(Cc1cccc(Cl)c1)C(=O)CN(c1ccc(OCC)cc1)S(=O)(=O)c1ccc(C)cc1. The Morgan fingerprint density at radius 2 is 1.55 bits per heavy atom. The zero-order chi connectivity index (χ0) is 33.8. The van der Waals surface area contributed by atoms with Crippen LogP contribution in [0.5, 0.6) is 5.75 Å². The van der Waals surface area contributed by atoms with Gasteiger partial charge in [0.25, 0.3) is 10.0 Å². The molecule has 2 amide bonds. The van der Waals surface area contributed by atoms with Crippen LogP contribution in [0.1, 0.15) is 43.4 Å². The summed E-state index contributed by atoms with van der Waals surface area (Å²) in [5.41, 5.74) is 2.76. The molecule has 4 rings (SSSR count). The highest BCUT2D eigenvalue weighted by Gasteiger charge is 2.34. The molecule has 0 aliphatic rings. The lowest BCUT2D eigenvalue weighted by molar-refractivity contribution is -0.140. The second-order valence-corrected chi connectivity index (χ2v) is 13.6. The van der Waals surface area contributed by atoms with E-state index in [0.29, 0.717) is 29.5 Å². The number of carbonyl (C=O) groups excluding carboxylic acids is 2. The summed E-state index contributed by atoms with van der Waals surface area (Å²) in [6, 6.07) is 28.7. The number of aryl methyl sites for hydroxylation is 1. The average Bonchev–Trinajstić information content (AvgIpc) is 3.06. The fourth-order valence-electron chi connectivity index (χ4n) is 5.13. The van der Waals surface area contributed by atoms with E-state index in [0.717, 1.165) is 28.3 Å². The molecular formula is C37H42ClN3O5S. The van der Waals surface area contributed by atoms with E-state index in [1.807, 2.05) is 57.2 Å². The maximum atomic E-state index is 14.6. The Hall–Kier alpha value is -4.34. The highest BCUT2D eigenvalue weighted by molar-refractivity contribution is 7.92. The molecule has 0 aliphatic heterocycles. The van der Waals surface area contributed by atoms with Crippen LogP contribution in [0.25, 0.3) is 0 Å². The minimum atomic E-state index is -4.20. The van der Waals surface area contributed by atoms with Gasteiger partial charge in [0.2, 0.25) is 11.8 Å². The number of nitrogens with zero attached hydrogens (tertiary/aromatic N) is 2. The van der Waals surface area contributed by atoms with E-state index in [9.17, 15) is 18.0 Å². The van der Waals surface area contributed by atoms with Gasteiger partial charge in [-0.1, -0.05) is 85.1 Å². The van der Waals surface area contributed by atoms with Gasteiger partial charge in [-0.05, 0) is 79.9 Å². The number of amides is 2. The first-order valence-electron chi connectivity index (χ1n) is 15.8. The average molecular weight is 676 g/mol. The Morgan fingerprint density at radius 3 is 2.19 bits per heavy atom. The number of unbranched alkanes of at least 4 members (excludes halogenated alkanes) is 1. The van der Waals surface area contributed by atoms with Crippen LogP contribution >= 0.6 is 11.6 Å². The molecule has 0 saturated heterocycles. The maximum absolute atomic E-state index is 14.6. The number of carbonyl (C=O) groups is 2. The number of sulfonamides is 1. The lowest BCUT2D eigenvalue weighted by atomic mass is 10.0. The van der Waals surface area contributed by atoms with Crippen LogP contribution in [0.4, 0.5) is 5.69 Å². The first-order chi connectivity index (χ1) is 22.6. The van der Waals surface area contributed by atoms with Gasteiger partial charge >= 0.3 is 0 Å². The van der Waals surface area contributed by atoms with Crippen LogP contribution in [-0.2, 0) is 32.6 Å². The summed E-state index contributed by atoms with van der Waals surface area (Å²) in [5.74, 6) is -0.280. The molecule has 1 atom stereocenters. The van der Waals surface area contributed by atoms with Crippen molar-refractivity contribution in [3.05, 3.63) is 125 Å². The molecule has 0 heterocycles. The maximum Gasteiger partial charge on any atom is 0.264 e. The molecule has 0 aromatic heterocycles. The molecule has 0 radical (unpaired) electrons. The number of hydrogen-bond acceptors (Lipinski definition) is 5. The minimum Gasteiger partial charge on any atom is -0.494 e. The van der Waals surface area contributed by atoms with Gasteiger partial charge in [-0.15, -0.1) is 0 Å². The topological polar surface area (TPSA) is 96.0 Å². The number of halogens is 1. The Morgan fingerprint density at radius 1 is 0.872 bits per heavy atom. The van der Waals surface area contributed by atoms with Gasteiger partial charge in [-0.25, -0.2) is 8.42 Å². The summed E-state index contributed by atoms with van der Waals surface area (Å²) < 4.78 is 35.1. The van der Waals surface area contributed by atoms with E-state index in [1.54, 1.807) is 54.6 Å². The molecule has 47 heavy (non-hydrogen) atoms. The highest BCUT2D eigenvalue weighted by Crippen LogP contribution is 2.27. The first kappa shape index (κ1) is 35.5. The number of hydrogen-bond donors (Lipinski definition) is 1. The number of rotatable bonds is 16. The molecule has 0 bridgehead atoms. The Balaban J connectivity index is 1.79. The smallest absolute Gasteiger partial charge is 0.264 e. The van der Waals surface area contributed by atoms with E-state index in [1.165, 1.54) is 17.0 Å². The van der Waals surface area contributed by atoms with Gasteiger partial charge in [0.15, 0.2) is 0 Å². The van der Waals surface area contributed by atoms with Crippen molar-refractivity contribution in [1.29, 1.82) is 0 Å². The van der Waals surface area contributed by atoms with Gasteiger partial charge in [0.05, 0.1) is 17.2 Å². The van der Waals surface area contributed by atoms with Gasteiger partial charge in [-0.2, -0.15) is 0 Å². The normalized spacial score (nSPS) is 11.8. The zero-order valence-corrected chi connectivity index (χ0v) is 28.6. The fourth-order valence-corrected chi connectivity index (χ4v) is 6.76. The molecule has 0 unspecified atom stereocenters. The van der Waals surface area contributed by atoms with E-state index >= 15 is 0 Å². The molecule has 10 heteroatoms. The fraction of sp³-hybridized carbons (Fsp3) is 0.297. The van der Waals surface area contributed by atoms with Crippen LogP contribution in [0.3, 0.4) is 0 Å². The predicted molar refractivity (Wildman–Crippen MR) is 187 cm³/mol. The molecule has 248 valence electrons. The van der Waals surface area contributed by atoms with Crippen molar-refractivity contribution in [2.24, 2.45) is 0 Å². The zero-order valence-electron chi connectivity index (χ0n) is 27.1. The summed E-state index contributed by atoms with van der Waals surface area (Å²) in [5, 5.41) is 3.48. The molecule has 4 aromatic rings. The minimum absolute atomic E-state index is 0.0415. The van der Waals surface area contributed by atoms with Crippen molar-refractivity contribution in [2.75, 3.05) is 24.0 Å². The quantitative estimate of drug-likeness (QED) is 0.132. The van der Waals surface area contributed by atoms with Crippen LogP contribution in [0.2, 0.25) is 5.02 Å². The highest BCUT2D eigenvalue weighted by atomic mass is 35.5. The number of nitrogens with one attached hydrogen (secondary N) is 1. The molecular weight excluding hydrogens is 634 g/mol. The number of benzene rings is 4. The molecule has 1 N–H and O–H groups in total. The Labute approximate surface area is 283 Å².